The summed E-state index contributed by atoms with van der Waals surface area (Å²) in [4.78, 5) is 30.6. The second-order valence-electron chi connectivity index (χ2n) is 10.6. The zero-order valence-electron chi connectivity index (χ0n) is 23.6. The number of halogens is 1. The topological polar surface area (TPSA) is 86.8 Å². The maximum atomic E-state index is 13.3. The maximum Gasteiger partial charge on any atom is 0.251 e. The van der Waals surface area contributed by atoms with Gasteiger partial charge in [-0.2, -0.15) is 0 Å². The quantitative estimate of drug-likeness (QED) is 0.358. The van der Waals surface area contributed by atoms with Crippen molar-refractivity contribution in [2.75, 3.05) is 32.4 Å². The summed E-state index contributed by atoms with van der Waals surface area (Å²) >= 11 is 0. The second kappa shape index (κ2) is 13.9. The van der Waals surface area contributed by atoms with Crippen LogP contribution in [0.25, 0.3) is 0 Å². The Morgan fingerprint density at radius 2 is 1.61 bits per heavy atom. The van der Waals surface area contributed by atoms with Gasteiger partial charge in [0.1, 0.15) is 5.82 Å². The Morgan fingerprint density at radius 3 is 2.20 bits per heavy atom. The summed E-state index contributed by atoms with van der Waals surface area (Å²) in [6, 6.07) is 21.9. The van der Waals surface area contributed by atoms with Crippen molar-refractivity contribution in [3.05, 3.63) is 101 Å². The summed E-state index contributed by atoms with van der Waals surface area (Å²) in [5.74, 6) is -0.567. The van der Waals surface area contributed by atoms with Crippen molar-refractivity contribution in [3.63, 3.8) is 0 Å². The minimum absolute atomic E-state index is 0.0469. The fraction of sp³-hybridized carbons (Fsp3) is 0.375. The molecule has 1 saturated heterocycles. The van der Waals surface area contributed by atoms with Gasteiger partial charge in [0.15, 0.2) is 9.84 Å². The Hall–Kier alpha value is -3.56. The molecule has 218 valence electrons. The maximum absolute atomic E-state index is 13.3. The average molecular weight is 580 g/mol. The average Bonchev–Trinajstić information content (AvgIpc) is 2.97. The van der Waals surface area contributed by atoms with Gasteiger partial charge in [-0.15, -0.1) is 0 Å². The highest BCUT2D eigenvalue weighted by Gasteiger charge is 2.27. The molecule has 1 N–H and O–H groups in total. The van der Waals surface area contributed by atoms with Crippen molar-refractivity contribution < 1.29 is 22.4 Å². The molecule has 0 radical (unpaired) electrons. The zero-order valence-corrected chi connectivity index (χ0v) is 24.4. The molecule has 3 aromatic rings. The minimum Gasteiger partial charge on any atom is -0.345 e. The first-order valence-corrected chi connectivity index (χ1v) is 16.0. The molecular formula is C32H38FN3O4S. The van der Waals surface area contributed by atoms with Gasteiger partial charge >= 0.3 is 0 Å². The van der Waals surface area contributed by atoms with Crippen LogP contribution in [0.4, 0.5) is 4.39 Å². The van der Waals surface area contributed by atoms with E-state index in [9.17, 15) is 22.4 Å². The molecule has 1 aliphatic rings. The minimum atomic E-state index is -3.27. The van der Waals surface area contributed by atoms with Crippen molar-refractivity contribution in [2.45, 2.75) is 49.6 Å². The number of nitrogens with zero attached hydrogens (tertiary/aromatic N) is 2. The van der Waals surface area contributed by atoms with Crippen LogP contribution < -0.4 is 5.32 Å². The Labute approximate surface area is 242 Å². The van der Waals surface area contributed by atoms with E-state index in [0.29, 0.717) is 12.1 Å². The van der Waals surface area contributed by atoms with Crippen LogP contribution >= 0.6 is 0 Å². The lowest BCUT2D eigenvalue weighted by Crippen LogP contribution is -2.48. The first-order valence-electron chi connectivity index (χ1n) is 14.1. The zero-order chi connectivity index (χ0) is 29.4. The van der Waals surface area contributed by atoms with Crippen molar-refractivity contribution >= 4 is 21.7 Å². The van der Waals surface area contributed by atoms with E-state index in [1.54, 1.807) is 24.3 Å². The largest absolute Gasteiger partial charge is 0.345 e. The third kappa shape index (κ3) is 8.47. The fourth-order valence-electron chi connectivity index (χ4n) is 5.39. The fourth-order valence-corrected chi connectivity index (χ4v) is 6.02. The second-order valence-corrected chi connectivity index (χ2v) is 12.6. The molecule has 1 atom stereocenters. The molecule has 0 spiro atoms. The molecule has 41 heavy (non-hydrogen) atoms. The molecule has 1 fully saturated rings. The van der Waals surface area contributed by atoms with Gasteiger partial charge in [-0.25, -0.2) is 12.8 Å². The van der Waals surface area contributed by atoms with Crippen LogP contribution in [0.15, 0.2) is 83.8 Å². The van der Waals surface area contributed by atoms with Crippen LogP contribution in [0.1, 0.15) is 53.7 Å². The van der Waals surface area contributed by atoms with Crippen molar-refractivity contribution in [3.8, 4) is 0 Å². The van der Waals surface area contributed by atoms with Gasteiger partial charge in [0, 0.05) is 44.0 Å². The number of rotatable bonds is 11. The van der Waals surface area contributed by atoms with Crippen LogP contribution in [-0.2, 0) is 21.1 Å². The van der Waals surface area contributed by atoms with E-state index in [1.807, 2.05) is 42.2 Å². The molecule has 9 heteroatoms. The summed E-state index contributed by atoms with van der Waals surface area (Å²) in [5, 5.41) is 3.12. The molecule has 0 saturated carbocycles. The van der Waals surface area contributed by atoms with Gasteiger partial charge in [0.2, 0.25) is 5.91 Å². The van der Waals surface area contributed by atoms with Gasteiger partial charge in [-0.1, -0.05) is 42.5 Å². The number of piperidine rings is 1. The van der Waals surface area contributed by atoms with E-state index in [2.05, 4.69) is 10.2 Å². The molecule has 1 heterocycles. The predicted molar refractivity (Wildman–Crippen MR) is 158 cm³/mol. The lowest BCUT2D eigenvalue weighted by atomic mass is 9.99. The van der Waals surface area contributed by atoms with E-state index < -0.39 is 9.84 Å². The lowest BCUT2D eigenvalue weighted by Gasteiger charge is -2.38. The first-order chi connectivity index (χ1) is 19.6. The van der Waals surface area contributed by atoms with E-state index >= 15 is 0 Å². The number of carbonyl (C=O) groups is 2. The van der Waals surface area contributed by atoms with Crippen LogP contribution in [0.5, 0.6) is 0 Å². The summed E-state index contributed by atoms with van der Waals surface area (Å²) in [6.07, 6.45) is 3.87. The highest BCUT2D eigenvalue weighted by Crippen LogP contribution is 2.22. The molecule has 7 nitrogen and oxygen atoms in total. The summed E-state index contributed by atoms with van der Waals surface area (Å²) in [6.45, 7) is 5.11. The molecule has 0 bridgehead atoms. The Morgan fingerprint density at radius 1 is 0.976 bits per heavy atom. The Bertz CT molecular complexity index is 1410. The van der Waals surface area contributed by atoms with E-state index in [1.165, 1.54) is 30.5 Å². The van der Waals surface area contributed by atoms with Gasteiger partial charge in [-0.05, 0) is 73.7 Å². The molecule has 2 amide bonds. The standard InChI is InChI=1S/C32H38FN3O4S/c1-3-36(31(37)23-24-9-15-29(16-10-24)41(2,39)40)28-17-20-35(21-18-28)22-19-30(25-7-5-4-6-8-25)34-32(38)26-11-13-27(33)14-12-26/h4-16,28,30H,3,17-23H2,1-2H3,(H,34,38)/t30-/m0/s1. The van der Waals surface area contributed by atoms with Gasteiger partial charge < -0.3 is 15.1 Å². The normalized spacial score (nSPS) is 15.3. The molecule has 4 rings (SSSR count). The number of hydrogen-bond acceptors (Lipinski definition) is 5. The highest BCUT2D eigenvalue weighted by atomic mass is 32.2. The molecule has 0 aromatic heterocycles. The van der Waals surface area contributed by atoms with E-state index in [0.717, 1.165) is 50.0 Å². The number of sulfone groups is 1. The smallest absolute Gasteiger partial charge is 0.251 e. The molecule has 3 aromatic carbocycles. The van der Waals surface area contributed by atoms with Crippen LogP contribution in [0.3, 0.4) is 0 Å². The first kappa shape index (κ1) is 30.4. The van der Waals surface area contributed by atoms with Crippen LogP contribution in [-0.4, -0.2) is 68.5 Å². The Balaban J connectivity index is 1.31. The monoisotopic (exact) mass is 579 g/mol. The number of carbonyl (C=O) groups excluding carboxylic acids is 2. The highest BCUT2D eigenvalue weighted by molar-refractivity contribution is 7.90. The SMILES string of the molecule is CCN(C(=O)Cc1ccc(S(C)(=O)=O)cc1)C1CCN(CC[C@H](NC(=O)c2ccc(F)cc2)c2ccccc2)CC1. The third-order valence-corrected chi connectivity index (χ3v) is 8.84. The Kier molecular flexibility index (Phi) is 10.3. The van der Waals surface area contributed by atoms with Crippen molar-refractivity contribution in [2.24, 2.45) is 0 Å². The predicted octanol–water partition coefficient (Wildman–Crippen LogP) is 4.65. The van der Waals surface area contributed by atoms with Crippen LogP contribution in [0, 0.1) is 5.82 Å². The summed E-state index contributed by atoms with van der Waals surface area (Å²) in [7, 11) is -3.27. The number of likely N-dealkylation sites (N-methyl/N-ethyl adjacent to an activating group) is 1. The number of benzene rings is 3. The number of amides is 2. The molecular weight excluding hydrogens is 541 g/mol. The summed E-state index contributed by atoms with van der Waals surface area (Å²) < 4.78 is 36.8. The van der Waals surface area contributed by atoms with Gasteiger partial charge in [0.05, 0.1) is 17.4 Å². The third-order valence-electron chi connectivity index (χ3n) is 7.71. The molecule has 1 aliphatic heterocycles. The summed E-state index contributed by atoms with van der Waals surface area (Å²) in [5.41, 5.74) is 2.24. The van der Waals surface area contributed by atoms with E-state index in [-0.39, 0.29) is 41.0 Å². The number of likely N-dealkylation sites (tertiary alicyclic amines) is 1. The lowest BCUT2D eigenvalue weighted by molar-refractivity contribution is -0.133. The molecule has 0 unspecified atom stereocenters. The van der Waals surface area contributed by atoms with Crippen molar-refractivity contribution in [1.29, 1.82) is 0 Å². The van der Waals surface area contributed by atoms with Gasteiger partial charge in [-0.3, -0.25) is 9.59 Å². The van der Waals surface area contributed by atoms with Crippen LogP contribution in [0.2, 0.25) is 0 Å². The number of nitrogens with one attached hydrogen (secondary N) is 1. The van der Waals surface area contributed by atoms with Gasteiger partial charge in [0.25, 0.3) is 5.91 Å². The molecule has 0 aliphatic carbocycles. The van der Waals surface area contributed by atoms with Crippen molar-refractivity contribution in [1.82, 2.24) is 15.1 Å². The van der Waals surface area contributed by atoms with E-state index in [4.69, 9.17) is 0 Å². The number of hydrogen-bond donors (Lipinski definition) is 1.